The number of carbonyl (C=O) groups excluding carboxylic acids is 1. The Morgan fingerprint density at radius 3 is 2.67 bits per heavy atom. The van der Waals surface area contributed by atoms with Crippen LogP contribution in [0.25, 0.3) is 0 Å². The van der Waals surface area contributed by atoms with Gasteiger partial charge in [0.15, 0.2) is 0 Å². The molecule has 1 saturated carbocycles. The quantitative estimate of drug-likeness (QED) is 0.924. The fourth-order valence-electron chi connectivity index (χ4n) is 3.01. The van der Waals surface area contributed by atoms with Gasteiger partial charge in [-0.3, -0.25) is 9.69 Å². The third kappa shape index (κ3) is 3.07. The van der Waals surface area contributed by atoms with Crippen LogP contribution >= 0.6 is 0 Å². The van der Waals surface area contributed by atoms with E-state index < -0.39 is 6.43 Å². The summed E-state index contributed by atoms with van der Waals surface area (Å²) in [5.41, 5.74) is 2.97. The fourth-order valence-corrected chi connectivity index (χ4v) is 3.01. The van der Waals surface area contributed by atoms with Gasteiger partial charge in [0.2, 0.25) is 5.91 Å². The summed E-state index contributed by atoms with van der Waals surface area (Å²) in [6.45, 7) is 5.05. The molecule has 1 aliphatic carbocycles. The number of rotatable bonds is 4. The molecule has 2 aliphatic rings. The molecule has 1 amide bonds. The number of carbonyl (C=O) groups is 1. The molecule has 0 saturated heterocycles. The van der Waals surface area contributed by atoms with E-state index in [1.54, 1.807) is 4.90 Å². The number of hydrogen-bond acceptors (Lipinski definition) is 2. The highest BCUT2D eigenvalue weighted by Gasteiger charge is 2.50. The molecule has 1 fully saturated rings. The Balaban J connectivity index is 1.64. The van der Waals surface area contributed by atoms with Crippen LogP contribution in [0.5, 0.6) is 0 Å². The van der Waals surface area contributed by atoms with Crippen molar-refractivity contribution in [3.63, 3.8) is 0 Å². The van der Waals surface area contributed by atoms with Gasteiger partial charge in [-0.15, -0.1) is 0 Å². The van der Waals surface area contributed by atoms with Gasteiger partial charge >= 0.3 is 0 Å². The molecular weight excluding hydrogens is 274 g/mol. The number of halogens is 2. The van der Waals surface area contributed by atoms with E-state index in [0.717, 1.165) is 23.2 Å². The molecule has 0 aromatic heterocycles. The second-order valence-corrected chi connectivity index (χ2v) is 6.78. The second-order valence-electron chi connectivity index (χ2n) is 6.78. The molecule has 3 nitrogen and oxygen atoms in total. The zero-order chi connectivity index (χ0) is 15.2. The summed E-state index contributed by atoms with van der Waals surface area (Å²) in [6.07, 6.45) is -1.39. The molecule has 114 valence electrons. The van der Waals surface area contributed by atoms with Crippen LogP contribution in [0, 0.1) is 11.3 Å². The SMILES string of the molecule is CC1(C)C[C@@H]1C(=O)Nc1ccc2c(c1)CN(CC(F)F)C2. The molecule has 5 heteroatoms. The Bertz CT molecular complexity index is 571. The average molecular weight is 294 g/mol. The summed E-state index contributed by atoms with van der Waals surface area (Å²) >= 11 is 0. The van der Waals surface area contributed by atoms with E-state index in [9.17, 15) is 13.6 Å². The van der Waals surface area contributed by atoms with E-state index in [-0.39, 0.29) is 23.8 Å². The number of fused-ring (bicyclic) bond motifs is 1. The summed E-state index contributed by atoms with van der Waals surface area (Å²) in [5.74, 6) is 0.142. The van der Waals surface area contributed by atoms with Gasteiger partial charge in [-0.05, 0) is 35.1 Å². The zero-order valence-electron chi connectivity index (χ0n) is 12.3. The average Bonchev–Trinajstić information content (AvgIpc) is 2.84. The van der Waals surface area contributed by atoms with Crippen molar-refractivity contribution < 1.29 is 13.6 Å². The number of alkyl halides is 2. The lowest BCUT2D eigenvalue weighted by Crippen LogP contribution is -2.23. The summed E-state index contributed by atoms with van der Waals surface area (Å²) in [4.78, 5) is 13.8. The van der Waals surface area contributed by atoms with Crippen LogP contribution in [0.4, 0.5) is 14.5 Å². The smallest absolute Gasteiger partial charge is 0.251 e. The van der Waals surface area contributed by atoms with Crippen LogP contribution in [-0.2, 0) is 17.9 Å². The fraction of sp³-hybridized carbons (Fsp3) is 0.562. The van der Waals surface area contributed by atoms with Crippen LogP contribution in [-0.4, -0.2) is 23.8 Å². The predicted octanol–water partition coefficient (Wildman–Crippen LogP) is 3.25. The van der Waals surface area contributed by atoms with Crippen molar-refractivity contribution in [2.75, 3.05) is 11.9 Å². The largest absolute Gasteiger partial charge is 0.326 e. The Kier molecular flexibility index (Phi) is 3.48. The van der Waals surface area contributed by atoms with E-state index in [1.165, 1.54) is 0 Å². The first-order valence-corrected chi connectivity index (χ1v) is 7.28. The van der Waals surface area contributed by atoms with Crippen molar-refractivity contribution in [1.82, 2.24) is 4.90 Å². The van der Waals surface area contributed by atoms with Crippen molar-refractivity contribution >= 4 is 11.6 Å². The summed E-state index contributed by atoms with van der Waals surface area (Å²) in [6, 6.07) is 5.69. The van der Waals surface area contributed by atoms with Crippen molar-refractivity contribution in [3.05, 3.63) is 29.3 Å². The lowest BCUT2D eigenvalue weighted by Gasteiger charge is -2.12. The lowest BCUT2D eigenvalue weighted by molar-refractivity contribution is -0.118. The molecular formula is C16H20F2N2O. The van der Waals surface area contributed by atoms with Gasteiger partial charge in [-0.2, -0.15) is 0 Å². The summed E-state index contributed by atoms with van der Waals surface area (Å²) in [7, 11) is 0. The normalized spacial score (nSPS) is 23.2. The highest BCUT2D eigenvalue weighted by molar-refractivity contribution is 5.95. The monoisotopic (exact) mass is 294 g/mol. The number of nitrogens with zero attached hydrogens (tertiary/aromatic N) is 1. The molecule has 1 N–H and O–H groups in total. The van der Waals surface area contributed by atoms with Crippen LogP contribution in [0.15, 0.2) is 18.2 Å². The Morgan fingerprint density at radius 1 is 1.38 bits per heavy atom. The molecule has 0 bridgehead atoms. The molecule has 21 heavy (non-hydrogen) atoms. The first-order valence-electron chi connectivity index (χ1n) is 7.28. The number of anilines is 1. The lowest BCUT2D eigenvalue weighted by atomic mass is 10.1. The topological polar surface area (TPSA) is 32.3 Å². The van der Waals surface area contributed by atoms with Gasteiger partial charge in [0.25, 0.3) is 6.43 Å². The van der Waals surface area contributed by atoms with Gasteiger partial charge in [0.05, 0.1) is 6.54 Å². The van der Waals surface area contributed by atoms with Crippen LogP contribution in [0.1, 0.15) is 31.4 Å². The van der Waals surface area contributed by atoms with Gasteiger partial charge in [-0.1, -0.05) is 19.9 Å². The standard InChI is InChI=1S/C16H20F2N2O/c1-16(2)6-13(16)15(21)19-12-4-3-10-7-20(9-14(17)18)8-11(10)5-12/h3-5,13-14H,6-9H2,1-2H3,(H,19,21)/t13-/m1/s1. The Hall–Kier alpha value is -1.49. The van der Waals surface area contributed by atoms with E-state index in [1.807, 2.05) is 18.2 Å². The van der Waals surface area contributed by atoms with E-state index in [4.69, 9.17) is 0 Å². The number of hydrogen-bond donors (Lipinski definition) is 1. The second kappa shape index (κ2) is 5.05. The molecule has 0 radical (unpaired) electrons. The van der Waals surface area contributed by atoms with Gasteiger partial charge < -0.3 is 5.32 Å². The molecule has 1 heterocycles. The molecule has 3 rings (SSSR count). The van der Waals surface area contributed by atoms with Crippen molar-refractivity contribution in [1.29, 1.82) is 0 Å². The highest BCUT2D eigenvalue weighted by atomic mass is 19.3. The molecule has 0 spiro atoms. The molecule has 1 aromatic carbocycles. The van der Waals surface area contributed by atoms with Crippen LogP contribution < -0.4 is 5.32 Å². The summed E-state index contributed by atoms with van der Waals surface area (Å²) < 4.78 is 24.9. The van der Waals surface area contributed by atoms with Gasteiger partial charge in [0.1, 0.15) is 0 Å². The third-order valence-corrected chi connectivity index (χ3v) is 4.49. The number of benzene rings is 1. The maximum absolute atomic E-state index is 12.4. The first-order chi connectivity index (χ1) is 9.85. The van der Waals surface area contributed by atoms with Gasteiger partial charge in [0, 0.05) is 24.7 Å². The molecule has 0 unspecified atom stereocenters. The van der Waals surface area contributed by atoms with Gasteiger partial charge in [-0.25, -0.2) is 8.78 Å². The Labute approximate surface area is 123 Å². The highest BCUT2D eigenvalue weighted by Crippen LogP contribution is 2.52. The number of nitrogens with one attached hydrogen (secondary N) is 1. The minimum Gasteiger partial charge on any atom is -0.326 e. The zero-order valence-corrected chi connectivity index (χ0v) is 12.3. The number of amides is 1. The first kappa shape index (κ1) is 14.4. The van der Waals surface area contributed by atoms with E-state index >= 15 is 0 Å². The molecule has 1 atom stereocenters. The molecule has 1 aromatic rings. The predicted molar refractivity (Wildman–Crippen MR) is 77.1 cm³/mol. The van der Waals surface area contributed by atoms with Crippen LogP contribution in [0.3, 0.4) is 0 Å². The Morgan fingerprint density at radius 2 is 2.05 bits per heavy atom. The van der Waals surface area contributed by atoms with Crippen molar-refractivity contribution in [2.24, 2.45) is 11.3 Å². The minimum atomic E-state index is -2.31. The maximum atomic E-state index is 12.4. The van der Waals surface area contributed by atoms with Crippen LogP contribution in [0.2, 0.25) is 0 Å². The maximum Gasteiger partial charge on any atom is 0.251 e. The molecule has 1 aliphatic heterocycles. The van der Waals surface area contributed by atoms with Crippen molar-refractivity contribution in [3.8, 4) is 0 Å². The van der Waals surface area contributed by atoms with E-state index in [2.05, 4.69) is 19.2 Å². The minimum absolute atomic E-state index is 0.0578. The third-order valence-electron chi connectivity index (χ3n) is 4.49. The summed E-state index contributed by atoms with van der Waals surface area (Å²) in [5, 5.41) is 2.94. The van der Waals surface area contributed by atoms with Crippen molar-refractivity contribution in [2.45, 2.75) is 39.8 Å². The van der Waals surface area contributed by atoms with E-state index in [0.29, 0.717) is 13.1 Å².